The summed E-state index contributed by atoms with van der Waals surface area (Å²) in [5.74, 6) is 0.829. The highest BCUT2D eigenvalue weighted by Crippen LogP contribution is 2.22. The third-order valence-corrected chi connectivity index (χ3v) is 4.08. The third kappa shape index (κ3) is 4.35. The number of aromatic nitrogens is 1. The van der Waals surface area contributed by atoms with E-state index >= 15 is 0 Å². The van der Waals surface area contributed by atoms with Crippen LogP contribution in [0.2, 0.25) is 0 Å². The van der Waals surface area contributed by atoms with Crippen molar-refractivity contribution in [1.82, 2.24) is 10.3 Å². The second-order valence-corrected chi connectivity index (χ2v) is 6.13. The lowest BCUT2D eigenvalue weighted by Crippen LogP contribution is -2.25. The Labute approximate surface area is 147 Å². The minimum absolute atomic E-state index is 0.187. The molecule has 1 heterocycles. The zero-order valence-electron chi connectivity index (χ0n) is 14.6. The van der Waals surface area contributed by atoms with Gasteiger partial charge in [-0.2, -0.15) is 0 Å². The van der Waals surface area contributed by atoms with Crippen LogP contribution in [0.3, 0.4) is 0 Å². The summed E-state index contributed by atoms with van der Waals surface area (Å²) in [6, 6.07) is 18.1. The molecule has 1 amide bonds. The summed E-state index contributed by atoms with van der Waals surface area (Å²) < 4.78 is 5.67. The maximum atomic E-state index is 12.3. The first-order valence-electron chi connectivity index (χ1n) is 8.50. The molecular formula is C21H22N2O2. The van der Waals surface area contributed by atoms with E-state index in [0.29, 0.717) is 23.9 Å². The Balaban J connectivity index is 1.58. The molecule has 0 saturated heterocycles. The number of nitrogens with zero attached hydrogens (tertiary/aromatic N) is 1. The Morgan fingerprint density at radius 2 is 1.76 bits per heavy atom. The molecule has 1 N–H and O–H groups in total. The number of rotatable bonds is 6. The second kappa shape index (κ2) is 7.79. The SMILES string of the molecule is Cc1ccc(-c2nc(C(=O)NCCCc3ccccc3)c(C)o2)cc1. The van der Waals surface area contributed by atoms with Gasteiger partial charge in [0, 0.05) is 12.1 Å². The van der Waals surface area contributed by atoms with Gasteiger partial charge in [-0.3, -0.25) is 4.79 Å². The van der Waals surface area contributed by atoms with Crippen LogP contribution in [0.4, 0.5) is 0 Å². The van der Waals surface area contributed by atoms with Gasteiger partial charge in [-0.1, -0.05) is 48.0 Å². The van der Waals surface area contributed by atoms with Gasteiger partial charge in [0.1, 0.15) is 5.76 Å². The first-order chi connectivity index (χ1) is 12.1. The topological polar surface area (TPSA) is 55.1 Å². The zero-order valence-corrected chi connectivity index (χ0v) is 14.6. The molecule has 0 unspecified atom stereocenters. The molecule has 0 fully saturated rings. The molecule has 0 aliphatic heterocycles. The minimum Gasteiger partial charge on any atom is -0.441 e. The largest absolute Gasteiger partial charge is 0.441 e. The van der Waals surface area contributed by atoms with Crippen molar-refractivity contribution in [3.63, 3.8) is 0 Å². The van der Waals surface area contributed by atoms with Gasteiger partial charge in [0.2, 0.25) is 5.89 Å². The molecule has 0 atom stereocenters. The van der Waals surface area contributed by atoms with Crippen LogP contribution in [0.15, 0.2) is 59.0 Å². The molecule has 128 valence electrons. The molecule has 1 aromatic heterocycles. The van der Waals surface area contributed by atoms with Crippen LogP contribution in [0.1, 0.15) is 33.8 Å². The lowest BCUT2D eigenvalue weighted by Gasteiger charge is -2.03. The number of hydrogen-bond donors (Lipinski definition) is 1. The molecule has 0 aliphatic carbocycles. The molecule has 0 bridgehead atoms. The van der Waals surface area contributed by atoms with Gasteiger partial charge in [0.15, 0.2) is 5.69 Å². The van der Waals surface area contributed by atoms with Crippen LogP contribution in [0.5, 0.6) is 0 Å². The minimum atomic E-state index is -0.187. The number of carbonyl (C=O) groups is 1. The van der Waals surface area contributed by atoms with E-state index < -0.39 is 0 Å². The lowest BCUT2D eigenvalue weighted by molar-refractivity contribution is 0.0947. The van der Waals surface area contributed by atoms with Crippen molar-refractivity contribution in [3.05, 3.63) is 77.2 Å². The number of hydrogen-bond acceptors (Lipinski definition) is 3. The van der Waals surface area contributed by atoms with Crippen LogP contribution in [0.25, 0.3) is 11.5 Å². The Morgan fingerprint density at radius 3 is 2.48 bits per heavy atom. The molecule has 2 aromatic carbocycles. The van der Waals surface area contributed by atoms with Gasteiger partial charge >= 0.3 is 0 Å². The van der Waals surface area contributed by atoms with Crippen LogP contribution < -0.4 is 5.32 Å². The van der Waals surface area contributed by atoms with Crippen molar-refractivity contribution in [2.45, 2.75) is 26.7 Å². The van der Waals surface area contributed by atoms with Crippen molar-refractivity contribution >= 4 is 5.91 Å². The molecule has 25 heavy (non-hydrogen) atoms. The number of nitrogens with one attached hydrogen (secondary N) is 1. The van der Waals surface area contributed by atoms with Gasteiger partial charge in [0.05, 0.1) is 0 Å². The number of carbonyl (C=O) groups excluding carboxylic acids is 1. The highest BCUT2D eigenvalue weighted by molar-refractivity contribution is 5.93. The van der Waals surface area contributed by atoms with Crippen LogP contribution >= 0.6 is 0 Å². The Bertz CT molecular complexity index is 836. The summed E-state index contributed by atoms with van der Waals surface area (Å²) in [5.41, 5.74) is 3.67. The Kier molecular flexibility index (Phi) is 5.29. The second-order valence-electron chi connectivity index (χ2n) is 6.13. The van der Waals surface area contributed by atoms with Gasteiger partial charge < -0.3 is 9.73 Å². The molecule has 0 radical (unpaired) electrons. The van der Waals surface area contributed by atoms with E-state index in [1.54, 1.807) is 6.92 Å². The molecule has 0 saturated carbocycles. The van der Waals surface area contributed by atoms with Gasteiger partial charge in [0.25, 0.3) is 5.91 Å². The molecular weight excluding hydrogens is 312 g/mol. The molecule has 0 spiro atoms. The fraction of sp³-hybridized carbons (Fsp3) is 0.238. The summed E-state index contributed by atoms with van der Waals surface area (Å²) in [5, 5.41) is 2.92. The van der Waals surface area contributed by atoms with E-state index in [0.717, 1.165) is 18.4 Å². The van der Waals surface area contributed by atoms with Crippen molar-refractivity contribution in [2.75, 3.05) is 6.54 Å². The molecule has 3 rings (SSSR count). The maximum Gasteiger partial charge on any atom is 0.273 e. The number of amides is 1. The molecule has 0 aliphatic rings. The van der Waals surface area contributed by atoms with E-state index in [1.165, 1.54) is 11.1 Å². The smallest absolute Gasteiger partial charge is 0.273 e. The Morgan fingerprint density at radius 1 is 1.04 bits per heavy atom. The Hall–Kier alpha value is -2.88. The summed E-state index contributed by atoms with van der Waals surface area (Å²) in [6.45, 7) is 4.41. The quantitative estimate of drug-likeness (QED) is 0.683. The first kappa shape index (κ1) is 17.0. The van der Waals surface area contributed by atoms with E-state index in [2.05, 4.69) is 22.4 Å². The number of aryl methyl sites for hydroxylation is 3. The molecule has 4 nitrogen and oxygen atoms in total. The number of oxazole rings is 1. The number of benzene rings is 2. The van der Waals surface area contributed by atoms with Crippen molar-refractivity contribution in [3.8, 4) is 11.5 Å². The fourth-order valence-corrected chi connectivity index (χ4v) is 2.65. The van der Waals surface area contributed by atoms with Gasteiger partial charge in [-0.25, -0.2) is 4.98 Å². The van der Waals surface area contributed by atoms with Crippen molar-refractivity contribution in [2.24, 2.45) is 0 Å². The standard InChI is InChI=1S/C21H22N2O2/c1-15-10-12-18(13-11-15)21-23-19(16(2)25-21)20(24)22-14-6-9-17-7-4-3-5-8-17/h3-5,7-8,10-13H,6,9,14H2,1-2H3,(H,22,24). The monoisotopic (exact) mass is 334 g/mol. The lowest BCUT2D eigenvalue weighted by atomic mass is 10.1. The normalized spacial score (nSPS) is 10.6. The zero-order chi connectivity index (χ0) is 17.6. The van der Waals surface area contributed by atoms with Crippen LogP contribution in [-0.2, 0) is 6.42 Å². The van der Waals surface area contributed by atoms with Gasteiger partial charge in [-0.05, 0) is 44.4 Å². The van der Waals surface area contributed by atoms with E-state index in [-0.39, 0.29) is 5.91 Å². The van der Waals surface area contributed by atoms with Gasteiger partial charge in [-0.15, -0.1) is 0 Å². The average molecular weight is 334 g/mol. The van der Waals surface area contributed by atoms with E-state index in [4.69, 9.17) is 4.42 Å². The van der Waals surface area contributed by atoms with E-state index in [9.17, 15) is 4.79 Å². The summed E-state index contributed by atoms with van der Waals surface area (Å²) in [4.78, 5) is 16.7. The third-order valence-electron chi connectivity index (χ3n) is 4.08. The van der Waals surface area contributed by atoms with Crippen molar-refractivity contribution in [1.29, 1.82) is 0 Å². The average Bonchev–Trinajstić information content (AvgIpc) is 3.02. The summed E-state index contributed by atoms with van der Waals surface area (Å²) in [7, 11) is 0. The predicted octanol–water partition coefficient (Wildman–Crippen LogP) is 4.32. The van der Waals surface area contributed by atoms with Crippen molar-refractivity contribution < 1.29 is 9.21 Å². The predicted molar refractivity (Wildman–Crippen MR) is 98.5 cm³/mol. The highest BCUT2D eigenvalue weighted by Gasteiger charge is 2.17. The van der Waals surface area contributed by atoms with E-state index in [1.807, 2.05) is 49.4 Å². The first-order valence-corrected chi connectivity index (χ1v) is 8.50. The highest BCUT2D eigenvalue weighted by atomic mass is 16.4. The molecule has 4 heteroatoms. The summed E-state index contributed by atoms with van der Waals surface area (Å²) >= 11 is 0. The van der Waals surface area contributed by atoms with Crippen LogP contribution in [-0.4, -0.2) is 17.4 Å². The van der Waals surface area contributed by atoms with Crippen LogP contribution in [0, 0.1) is 13.8 Å². The fourth-order valence-electron chi connectivity index (χ4n) is 2.65. The maximum absolute atomic E-state index is 12.3. The molecule has 3 aromatic rings. The summed E-state index contributed by atoms with van der Waals surface area (Å²) in [6.07, 6.45) is 1.82.